The lowest BCUT2D eigenvalue weighted by atomic mass is 10.2. The van der Waals surface area contributed by atoms with E-state index >= 15 is 0 Å². The van der Waals surface area contributed by atoms with Crippen molar-refractivity contribution in [2.45, 2.75) is 6.42 Å². The van der Waals surface area contributed by atoms with Gasteiger partial charge in [-0.1, -0.05) is 11.6 Å². The molecular weight excluding hydrogens is 328 g/mol. The summed E-state index contributed by atoms with van der Waals surface area (Å²) in [7, 11) is 0. The van der Waals surface area contributed by atoms with Crippen molar-refractivity contribution < 1.29 is 19.1 Å². The number of nitrogens with one attached hydrogen (secondary N) is 1. The monoisotopic (exact) mass is 335 g/mol. The minimum Gasteiger partial charge on any atom is -0.481 e. The predicted octanol–water partition coefficient (Wildman–Crippen LogP) is 2.90. The van der Waals surface area contributed by atoms with Crippen LogP contribution in [-0.2, 0) is 9.59 Å². The van der Waals surface area contributed by atoms with Crippen molar-refractivity contribution in [1.82, 2.24) is 0 Å². The first-order valence-corrected chi connectivity index (χ1v) is 6.25. The van der Waals surface area contributed by atoms with E-state index in [-0.39, 0.29) is 17.1 Å². The second-order valence-electron chi connectivity index (χ2n) is 4.02. The first-order chi connectivity index (χ1) is 8.40. The third-order valence-electron chi connectivity index (χ3n) is 2.71. The summed E-state index contributed by atoms with van der Waals surface area (Å²) >= 11 is 8.84. The molecule has 0 radical (unpaired) electrons. The lowest BCUT2D eigenvalue weighted by Gasteiger charge is -2.07. The van der Waals surface area contributed by atoms with Crippen LogP contribution >= 0.6 is 27.5 Å². The van der Waals surface area contributed by atoms with Gasteiger partial charge in [0.15, 0.2) is 0 Å². The Bertz CT molecular complexity index is 537. The zero-order chi connectivity index (χ0) is 13.4. The second-order valence-corrected chi connectivity index (χ2v) is 5.28. The molecule has 96 valence electrons. The van der Waals surface area contributed by atoms with Crippen LogP contribution in [-0.4, -0.2) is 17.0 Å². The Morgan fingerprint density at radius 2 is 2.11 bits per heavy atom. The minimum atomic E-state index is -1.01. The van der Waals surface area contributed by atoms with Crippen molar-refractivity contribution in [2.75, 3.05) is 5.32 Å². The van der Waals surface area contributed by atoms with Crippen LogP contribution in [0, 0.1) is 17.7 Å². The number of carbonyl (C=O) groups is 2. The van der Waals surface area contributed by atoms with Crippen molar-refractivity contribution in [2.24, 2.45) is 11.8 Å². The van der Waals surface area contributed by atoms with Gasteiger partial charge in [-0.2, -0.15) is 0 Å². The summed E-state index contributed by atoms with van der Waals surface area (Å²) in [5, 5.41) is 11.3. The molecule has 2 rings (SSSR count). The number of carboxylic acids is 1. The molecule has 1 aliphatic carbocycles. The van der Waals surface area contributed by atoms with E-state index in [4.69, 9.17) is 16.7 Å². The first kappa shape index (κ1) is 13.3. The highest BCUT2D eigenvalue weighted by Gasteiger charge is 2.48. The van der Waals surface area contributed by atoms with Gasteiger partial charge in [0.2, 0.25) is 5.91 Å². The van der Waals surface area contributed by atoms with Gasteiger partial charge in [-0.15, -0.1) is 0 Å². The maximum Gasteiger partial charge on any atom is 0.307 e. The third-order valence-corrected chi connectivity index (χ3v) is 3.91. The smallest absolute Gasteiger partial charge is 0.307 e. The minimum absolute atomic E-state index is 0.0516. The summed E-state index contributed by atoms with van der Waals surface area (Å²) in [6.45, 7) is 0. The quantitative estimate of drug-likeness (QED) is 0.834. The van der Waals surface area contributed by atoms with Gasteiger partial charge in [-0.25, -0.2) is 4.39 Å². The van der Waals surface area contributed by atoms with Crippen LogP contribution in [0.2, 0.25) is 5.02 Å². The fraction of sp³-hybridized carbons (Fsp3) is 0.273. The highest BCUT2D eigenvalue weighted by Crippen LogP contribution is 2.40. The molecule has 7 heteroatoms. The van der Waals surface area contributed by atoms with Crippen LogP contribution < -0.4 is 5.32 Å². The Hall–Kier alpha value is -1.14. The maximum atomic E-state index is 13.5. The number of hydrogen-bond donors (Lipinski definition) is 2. The molecule has 1 aliphatic rings. The SMILES string of the molecule is O=C(O)[C@@H]1C[C@H]1C(=O)Nc1cc(Cl)c(Br)cc1F. The molecule has 0 unspecified atom stereocenters. The van der Waals surface area contributed by atoms with E-state index in [1.807, 2.05) is 0 Å². The number of carbonyl (C=O) groups excluding carboxylic acids is 1. The molecule has 1 aromatic rings. The molecule has 1 amide bonds. The summed E-state index contributed by atoms with van der Waals surface area (Å²) in [6, 6.07) is 2.41. The Kier molecular flexibility index (Phi) is 3.59. The first-order valence-electron chi connectivity index (χ1n) is 5.08. The van der Waals surface area contributed by atoms with Gasteiger partial charge in [0.1, 0.15) is 5.82 Å². The number of anilines is 1. The summed E-state index contributed by atoms with van der Waals surface area (Å²) < 4.78 is 13.9. The number of hydrogen-bond acceptors (Lipinski definition) is 2. The number of halogens is 3. The van der Waals surface area contributed by atoms with Crippen LogP contribution in [0.4, 0.5) is 10.1 Å². The standard InChI is InChI=1S/C11H8BrClFNO3/c12-6-2-8(14)9(3-7(6)13)15-10(16)4-1-5(4)11(17)18/h2-5H,1H2,(H,15,16)(H,17,18)/t4-,5-/m1/s1. The molecule has 0 saturated heterocycles. The van der Waals surface area contributed by atoms with E-state index < -0.39 is 29.5 Å². The molecule has 1 aromatic carbocycles. The van der Waals surface area contributed by atoms with Crippen molar-refractivity contribution >= 4 is 45.1 Å². The van der Waals surface area contributed by atoms with Crippen LogP contribution in [0.3, 0.4) is 0 Å². The lowest BCUT2D eigenvalue weighted by molar-refractivity contribution is -0.139. The molecular formula is C11H8BrClFNO3. The van der Waals surface area contributed by atoms with E-state index in [2.05, 4.69) is 21.2 Å². The largest absolute Gasteiger partial charge is 0.481 e. The fourth-order valence-electron chi connectivity index (χ4n) is 1.60. The number of aliphatic carboxylic acids is 1. The molecule has 1 fully saturated rings. The number of benzene rings is 1. The zero-order valence-corrected chi connectivity index (χ0v) is 11.3. The summed E-state index contributed by atoms with van der Waals surface area (Å²) in [6.07, 6.45) is 0.285. The summed E-state index contributed by atoms with van der Waals surface area (Å²) in [5.41, 5.74) is -0.0516. The molecule has 2 atom stereocenters. The van der Waals surface area contributed by atoms with E-state index in [1.165, 1.54) is 6.07 Å². The van der Waals surface area contributed by atoms with Crippen LogP contribution in [0.15, 0.2) is 16.6 Å². The van der Waals surface area contributed by atoms with Gasteiger partial charge >= 0.3 is 5.97 Å². The Labute approximate surface area is 115 Å². The molecule has 2 N–H and O–H groups in total. The molecule has 0 heterocycles. The van der Waals surface area contributed by atoms with Gasteiger partial charge in [-0.3, -0.25) is 9.59 Å². The molecule has 0 spiro atoms. The van der Waals surface area contributed by atoms with E-state index in [1.54, 1.807) is 0 Å². The average molecular weight is 337 g/mol. The van der Waals surface area contributed by atoms with Crippen molar-refractivity contribution in [3.8, 4) is 0 Å². The van der Waals surface area contributed by atoms with E-state index in [0.29, 0.717) is 4.47 Å². The van der Waals surface area contributed by atoms with E-state index in [9.17, 15) is 14.0 Å². The van der Waals surface area contributed by atoms with Gasteiger partial charge in [0.05, 0.1) is 22.5 Å². The summed E-state index contributed by atoms with van der Waals surface area (Å²) in [5.74, 6) is -3.40. The Morgan fingerprint density at radius 3 is 2.67 bits per heavy atom. The van der Waals surface area contributed by atoms with Crippen molar-refractivity contribution in [3.63, 3.8) is 0 Å². The molecule has 4 nitrogen and oxygen atoms in total. The fourth-order valence-corrected chi connectivity index (χ4v) is 2.08. The van der Waals surface area contributed by atoms with Gasteiger partial charge < -0.3 is 10.4 Å². The molecule has 0 aromatic heterocycles. The van der Waals surface area contributed by atoms with Gasteiger partial charge in [-0.05, 0) is 34.5 Å². The van der Waals surface area contributed by atoms with Gasteiger partial charge in [0, 0.05) is 4.47 Å². The highest BCUT2D eigenvalue weighted by molar-refractivity contribution is 9.10. The zero-order valence-electron chi connectivity index (χ0n) is 8.91. The summed E-state index contributed by atoms with van der Waals surface area (Å²) in [4.78, 5) is 22.3. The second kappa shape index (κ2) is 4.85. The third kappa shape index (κ3) is 2.64. The maximum absolute atomic E-state index is 13.5. The number of carboxylic acid groups (broad SMARTS) is 1. The predicted molar refractivity (Wildman–Crippen MR) is 67.0 cm³/mol. The molecule has 0 aliphatic heterocycles. The van der Waals surface area contributed by atoms with Crippen molar-refractivity contribution in [1.29, 1.82) is 0 Å². The number of amides is 1. The Balaban J connectivity index is 2.09. The normalized spacial score (nSPS) is 21.5. The van der Waals surface area contributed by atoms with E-state index in [0.717, 1.165) is 6.07 Å². The van der Waals surface area contributed by atoms with Crippen molar-refractivity contribution in [3.05, 3.63) is 27.4 Å². The molecule has 18 heavy (non-hydrogen) atoms. The van der Waals surface area contributed by atoms with Gasteiger partial charge in [0.25, 0.3) is 0 Å². The van der Waals surface area contributed by atoms with Crippen LogP contribution in [0.1, 0.15) is 6.42 Å². The Morgan fingerprint density at radius 1 is 1.44 bits per heavy atom. The highest BCUT2D eigenvalue weighted by atomic mass is 79.9. The van der Waals surface area contributed by atoms with Crippen LogP contribution in [0.5, 0.6) is 0 Å². The topological polar surface area (TPSA) is 66.4 Å². The number of rotatable bonds is 3. The molecule has 0 bridgehead atoms. The molecule has 1 saturated carbocycles. The average Bonchev–Trinajstić information content (AvgIpc) is 3.05. The lowest BCUT2D eigenvalue weighted by Crippen LogP contribution is -2.17. The van der Waals surface area contributed by atoms with Crippen LogP contribution in [0.25, 0.3) is 0 Å².